The highest BCUT2D eigenvalue weighted by Crippen LogP contribution is 2.37. The highest BCUT2D eigenvalue weighted by molar-refractivity contribution is 8.00. The van der Waals surface area contributed by atoms with Gasteiger partial charge in [0.1, 0.15) is 0 Å². The highest BCUT2D eigenvalue weighted by atomic mass is 32.2. The second-order valence-electron chi connectivity index (χ2n) is 3.95. The summed E-state index contributed by atoms with van der Waals surface area (Å²) in [5.41, 5.74) is -4.44. The number of nitrogens with one attached hydrogen (secondary N) is 1. The molecular formula is C9H16F3NOS. The van der Waals surface area contributed by atoms with Gasteiger partial charge in [-0.1, -0.05) is 11.8 Å². The maximum Gasteiger partial charge on any atom is 0.441 e. The Morgan fingerprint density at radius 3 is 2.33 bits per heavy atom. The number of aliphatic hydroxyl groups excluding tert-OH is 1. The van der Waals surface area contributed by atoms with Crippen molar-refractivity contribution in [1.29, 1.82) is 0 Å². The predicted molar refractivity (Wildman–Crippen MR) is 54.8 cm³/mol. The number of alkyl halides is 3. The fourth-order valence-electron chi connectivity index (χ4n) is 1.83. The number of halogens is 3. The molecule has 0 saturated carbocycles. The lowest BCUT2D eigenvalue weighted by atomic mass is 9.77. The molecule has 0 aliphatic carbocycles. The van der Waals surface area contributed by atoms with Crippen LogP contribution in [0.3, 0.4) is 0 Å². The summed E-state index contributed by atoms with van der Waals surface area (Å²) in [7, 11) is 0. The Labute approximate surface area is 91.6 Å². The average Bonchev–Trinajstić information content (AvgIpc) is 2.17. The molecule has 6 heteroatoms. The first kappa shape index (κ1) is 13.1. The van der Waals surface area contributed by atoms with Crippen LogP contribution in [0.15, 0.2) is 0 Å². The molecule has 2 N–H and O–H groups in total. The van der Waals surface area contributed by atoms with Gasteiger partial charge in [0, 0.05) is 12.4 Å². The zero-order valence-corrected chi connectivity index (χ0v) is 9.26. The summed E-state index contributed by atoms with van der Waals surface area (Å²) >= 11 is 0.00961. The zero-order valence-electron chi connectivity index (χ0n) is 8.44. The van der Waals surface area contributed by atoms with Crippen molar-refractivity contribution in [3.05, 3.63) is 0 Å². The smallest absolute Gasteiger partial charge is 0.396 e. The van der Waals surface area contributed by atoms with Gasteiger partial charge in [-0.3, -0.25) is 0 Å². The van der Waals surface area contributed by atoms with Crippen molar-refractivity contribution in [1.82, 2.24) is 5.32 Å². The molecular weight excluding hydrogens is 227 g/mol. The van der Waals surface area contributed by atoms with E-state index in [-0.39, 0.29) is 29.5 Å². The Morgan fingerprint density at radius 2 is 1.87 bits per heavy atom. The van der Waals surface area contributed by atoms with Crippen molar-refractivity contribution in [2.45, 2.75) is 24.8 Å². The minimum Gasteiger partial charge on any atom is -0.396 e. The van der Waals surface area contributed by atoms with Crippen LogP contribution in [-0.4, -0.2) is 36.1 Å². The summed E-state index contributed by atoms with van der Waals surface area (Å²) in [4.78, 5) is 0. The minimum absolute atomic E-state index is 0.00685. The molecule has 1 aliphatic rings. The van der Waals surface area contributed by atoms with E-state index in [4.69, 9.17) is 0 Å². The van der Waals surface area contributed by atoms with Gasteiger partial charge in [-0.2, -0.15) is 13.2 Å². The molecule has 0 atom stereocenters. The predicted octanol–water partition coefficient (Wildman–Crippen LogP) is 1.99. The van der Waals surface area contributed by atoms with E-state index in [0.29, 0.717) is 6.42 Å². The molecule has 0 aromatic rings. The third-order valence-electron chi connectivity index (χ3n) is 2.90. The number of rotatable bonds is 4. The van der Waals surface area contributed by atoms with Gasteiger partial charge in [-0.05, 0) is 37.8 Å². The molecule has 0 radical (unpaired) electrons. The van der Waals surface area contributed by atoms with Gasteiger partial charge in [0.15, 0.2) is 0 Å². The van der Waals surface area contributed by atoms with Crippen LogP contribution < -0.4 is 5.32 Å². The van der Waals surface area contributed by atoms with Gasteiger partial charge in [-0.25, -0.2) is 0 Å². The Morgan fingerprint density at radius 1 is 1.27 bits per heavy atom. The largest absolute Gasteiger partial charge is 0.441 e. The number of thioether (sulfide) groups is 1. The van der Waals surface area contributed by atoms with Crippen molar-refractivity contribution in [2.75, 3.05) is 25.4 Å². The van der Waals surface area contributed by atoms with Crippen LogP contribution in [0.2, 0.25) is 0 Å². The minimum atomic E-state index is -4.15. The van der Waals surface area contributed by atoms with Gasteiger partial charge < -0.3 is 10.4 Å². The molecule has 0 spiro atoms. The molecule has 90 valence electrons. The molecule has 15 heavy (non-hydrogen) atoms. The van der Waals surface area contributed by atoms with Crippen molar-refractivity contribution in [3.63, 3.8) is 0 Å². The molecule has 1 rings (SSSR count). The standard InChI is InChI=1S/C9H16F3NOS/c10-9(11,12)15-6-3-8(7-14)1-4-13-5-2-8/h13-14H,1-7H2. The molecule has 2 nitrogen and oxygen atoms in total. The Balaban J connectivity index is 2.33. The van der Waals surface area contributed by atoms with Crippen LogP contribution in [0.5, 0.6) is 0 Å². The number of aliphatic hydroxyl groups is 1. The summed E-state index contributed by atoms with van der Waals surface area (Å²) in [5, 5.41) is 12.4. The zero-order chi connectivity index (χ0) is 11.4. The first-order chi connectivity index (χ1) is 6.97. The maximum atomic E-state index is 11.9. The number of hydrogen-bond acceptors (Lipinski definition) is 3. The molecule has 0 amide bonds. The highest BCUT2D eigenvalue weighted by Gasteiger charge is 2.34. The summed E-state index contributed by atoms with van der Waals surface area (Å²) < 4.78 is 35.8. The molecule has 1 aliphatic heterocycles. The molecule has 0 aromatic carbocycles. The third-order valence-corrected chi connectivity index (χ3v) is 3.63. The third kappa shape index (κ3) is 4.61. The van der Waals surface area contributed by atoms with Crippen LogP contribution in [-0.2, 0) is 0 Å². The molecule has 0 bridgehead atoms. The molecule has 0 aromatic heterocycles. The summed E-state index contributed by atoms with van der Waals surface area (Å²) in [6, 6.07) is 0. The SMILES string of the molecule is OCC1(CCSC(F)(F)F)CCNCC1. The van der Waals surface area contributed by atoms with E-state index in [2.05, 4.69) is 5.32 Å². The van der Waals surface area contributed by atoms with Crippen molar-refractivity contribution >= 4 is 11.8 Å². The average molecular weight is 243 g/mol. The first-order valence-corrected chi connectivity index (χ1v) is 5.98. The Bertz CT molecular complexity index is 192. The number of piperidine rings is 1. The Hall–Kier alpha value is 0.0600. The Kier molecular flexibility index (Phi) is 4.73. The lowest BCUT2D eigenvalue weighted by Gasteiger charge is -2.36. The topological polar surface area (TPSA) is 32.3 Å². The van der Waals surface area contributed by atoms with Gasteiger partial charge in [-0.15, -0.1) is 0 Å². The van der Waals surface area contributed by atoms with Crippen LogP contribution >= 0.6 is 11.8 Å². The van der Waals surface area contributed by atoms with Crippen molar-refractivity contribution in [3.8, 4) is 0 Å². The van der Waals surface area contributed by atoms with Crippen molar-refractivity contribution in [2.24, 2.45) is 5.41 Å². The van der Waals surface area contributed by atoms with Crippen LogP contribution in [0.1, 0.15) is 19.3 Å². The molecule has 1 saturated heterocycles. The molecule has 1 fully saturated rings. The maximum absolute atomic E-state index is 11.9. The normalized spacial score (nSPS) is 21.6. The van der Waals surface area contributed by atoms with E-state index in [1.807, 2.05) is 0 Å². The second kappa shape index (κ2) is 5.41. The first-order valence-electron chi connectivity index (χ1n) is 5.00. The van der Waals surface area contributed by atoms with Gasteiger partial charge >= 0.3 is 5.51 Å². The summed E-state index contributed by atoms with van der Waals surface area (Å²) in [6.45, 7) is 1.57. The van der Waals surface area contributed by atoms with Crippen molar-refractivity contribution < 1.29 is 18.3 Å². The van der Waals surface area contributed by atoms with E-state index >= 15 is 0 Å². The van der Waals surface area contributed by atoms with Crippen LogP contribution in [0, 0.1) is 5.41 Å². The number of hydrogen-bond donors (Lipinski definition) is 2. The summed E-state index contributed by atoms with van der Waals surface area (Å²) in [5.74, 6) is 0.0457. The van der Waals surface area contributed by atoms with Gasteiger partial charge in [0.25, 0.3) is 0 Å². The fourth-order valence-corrected chi connectivity index (χ4v) is 2.59. The van der Waals surface area contributed by atoms with E-state index in [1.54, 1.807) is 0 Å². The molecule has 0 unspecified atom stereocenters. The second-order valence-corrected chi connectivity index (χ2v) is 5.11. The monoisotopic (exact) mass is 243 g/mol. The van der Waals surface area contributed by atoms with Crippen LogP contribution in [0.25, 0.3) is 0 Å². The van der Waals surface area contributed by atoms with Crippen LogP contribution in [0.4, 0.5) is 13.2 Å². The van der Waals surface area contributed by atoms with E-state index < -0.39 is 5.51 Å². The lowest BCUT2D eigenvalue weighted by molar-refractivity contribution is -0.0331. The lowest BCUT2D eigenvalue weighted by Crippen LogP contribution is -2.39. The van der Waals surface area contributed by atoms with Gasteiger partial charge in [0.2, 0.25) is 0 Å². The van der Waals surface area contributed by atoms with E-state index in [9.17, 15) is 18.3 Å². The quantitative estimate of drug-likeness (QED) is 0.792. The fraction of sp³-hybridized carbons (Fsp3) is 1.00. The summed E-state index contributed by atoms with van der Waals surface area (Å²) in [6.07, 6.45) is 1.97. The molecule has 1 heterocycles. The van der Waals surface area contributed by atoms with Gasteiger partial charge in [0.05, 0.1) is 0 Å². The van der Waals surface area contributed by atoms with E-state index in [0.717, 1.165) is 25.9 Å². The van der Waals surface area contributed by atoms with E-state index in [1.165, 1.54) is 0 Å².